The van der Waals surface area contributed by atoms with Gasteiger partial charge in [0.25, 0.3) is 5.91 Å². The van der Waals surface area contributed by atoms with Gasteiger partial charge in [-0.3, -0.25) is 9.59 Å². The average molecular weight is 501 g/mol. The van der Waals surface area contributed by atoms with Crippen LogP contribution < -0.4 is 16.0 Å². The first-order valence-electron chi connectivity index (χ1n) is 9.55. The Bertz CT molecular complexity index is 672. The van der Waals surface area contributed by atoms with E-state index in [4.69, 9.17) is 0 Å². The summed E-state index contributed by atoms with van der Waals surface area (Å²) in [4.78, 5) is 29.6. The minimum Gasteiger partial charge on any atom is -0.356 e. The highest BCUT2D eigenvalue weighted by molar-refractivity contribution is 14.0. The molecular formula is C20H32IN5O2. The number of nitrogens with zero attached hydrogens (tertiary/aromatic N) is 2. The van der Waals surface area contributed by atoms with E-state index in [9.17, 15) is 9.59 Å². The first-order valence-corrected chi connectivity index (χ1v) is 9.55. The molecule has 1 aromatic carbocycles. The number of hydrogen-bond donors (Lipinski definition) is 3. The lowest BCUT2D eigenvalue weighted by molar-refractivity contribution is -0.127. The fourth-order valence-corrected chi connectivity index (χ4v) is 3.04. The van der Waals surface area contributed by atoms with E-state index >= 15 is 0 Å². The van der Waals surface area contributed by atoms with Crippen molar-refractivity contribution in [1.29, 1.82) is 0 Å². The number of amides is 2. The SMILES string of the molecule is CNC(=O)c1cccc(CCNC(=NCC(=O)N(C)C)NC2CCCC2)c1.I. The molecule has 156 valence electrons. The summed E-state index contributed by atoms with van der Waals surface area (Å²) in [5.41, 5.74) is 1.73. The molecule has 1 saturated carbocycles. The van der Waals surface area contributed by atoms with E-state index in [2.05, 4.69) is 20.9 Å². The number of halogens is 1. The van der Waals surface area contributed by atoms with Gasteiger partial charge in [-0.05, 0) is 37.0 Å². The van der Waals surface area contributed by atoms with Gasteiger partial charge in [0, 0.05) is 39.3 Å². The highest BCUT2D eigenvalue weighted by atomic mass is 127. The van der Waals surface area contributed by atoms with Crippen molar-refractivity contribution in [2.75, 3.05) is 34.2 Å². The summed E-state index contributed by atoms with van der Waals surface area (Å²) in [5.74, 6) is 0.567. The smallest absolute Gasteiger partial charge is 0.251 e. The average Bonchev–Trinajstić information content (AvgIpc) is 3.18. The first kappa shape index (κ1) is 24.2. The van der Waals surface area contributed by atoms with Crippen LogP contribution in [0.15, 0.2) is 29.3 Å². The Hall–Kier alpha value is -1.84. The van der Waals surface area contributed by atoms with Gasteiger partial charge >= 0.3 is 0 Å². The van der Waals surface area contributed by atoms with E-state index in [0.717, 1.165) is 24.8 Å². The number of nitrogens with one attached hydrogen (secondary N) is 3. The Morgan fingerprint density at radius 2 is 1.93 bits per heavy atom. The molecule has 0 saturated heterocycles. The van der Waals surface area contributed by atoms with E-state index in [1.165, 1.54) is 12.8 Å². The van der Waals surface area contributed by atoms with Crippen molar-refractivity contribution in [2.24, 2.45) is 4.99 Å². The minimum absolute atomic E-state index is 0. The van der Waals surface area contributed by atoms with E-state index in [0.29, 0.717) is 24.1 Å². The molecule has 8 heteroatoms. The summed E-state index contributed by atoms with van der Waals surface area (Å²) < 4.78 is 0. The Morgan fingerprint density at radius 3 is 2.57 bits per heavy atom. The molecule has 0 radical (unpaired) electrons. The summed E-state index contributed by atoms with van der Waals surface area (Å²) in [6.07, 6.45) is 5.49. The standard InChI is InChI=1S/C20H31N5O2.HI/c1-21-19(27)16-8-6-7-15(13-16)11-12-22-20(23-14-18(26)25(2)3)24-17-9-4-5-10-17;/h6-8,13,17H,4-5,9-12,14H2,1-3H3,(H,21,27)(H2,22,23,24);1H. The number of likely N-dealkylation sites (N-methyl/N-ethyl adjacent to an activating group) is 1. The van der Waals surface area contributed by atoms with Crippen LogP contribution >= 0.6 is 24.0 Å². The number of rotatable bonds is 7. The van der Waals surface area contributed by atoms with E-state index in [-0.39, 0.29) is 42.3 Å². The second kappa shape index (κ2) is 12.6. The first-order chi connectivity index (χ1) is 13.0. The predicted octanol–water partition coefficient (Wildman–Crippen LogP) is 1.77. The summed E-state index contributed by atoms with van der Waals surface area (Å²) >= 11 is 0. The van der Waals surface area contributed by atoms with Gasteiger partial charge in [-0.25, -0.2) is 4.99 Å². The third-order valence-corrected chi connectivity index (χ3v) is 4.69. The number of guanidine groups is 1. The van der Waals surface area contributed by atoms with Crippen LogP contribution in [0.25, 0.3) is 0 Å². The lowest BCUT2D eigenvalue weighted by Crippen LogP contribution is -2.43. The summed E-state index contributed by atoms with van der Waals surface area (Å²) in [5, 5.41) is 9.40. The van der Waals surface area contributed by atoms with Crippen molar-refractivity contribution in [3.05, 3.63) is 35.4 Å². The topological polar surface area (TPSA) is 85.8 Å². The van der Waals surface area contributed by atoms with E-state index in [1.54, 1.807) is 32.1 Å². The molecule has 0 aliphatic heterocycles. The monoisotopic (exact) mass is 501 g/mol. The lowest BCUT2D eigenvalue weighted by Gasteiger charge is -2.18. The normalized spacial score (nSPS) is 14.2. The van der Waals surface area contributed by atoms with Crippen molar-refractivity contribution in [3.63, 3.8) is 0 Å². The van der Waals surface area contributed by atoms with Crippen LogP contribution in [-0.2, 0) is 11.2 Å². The Balaban J connectivity index is 0.00000392. The third kappa shape index (κ3) is 8.04. The van der Waals surface area contributed by atoms with E-state index < -0.39 is 0 Å². The second-order valence-corrected chi connectivity index (χ2v) is 7.03. The molecule has 2 rings (SSSR count). The van der Waals surface area contributed by atoms with Gasteiger partial charge in [-0.15, -0.1) is 24.0 Å². The van der Waals surface area contributed by atoms with Gasteiger partial charge in [0.15, 0.2) is 5.96 Å². The molecular weight excluding hydrogens is 469 g/mol. The molecule has 0 spiro atoms. The fraction of sp³-hybridized carbons (Fsp3) is 0.550. The number of hydrogen-bond acceptors (Lipinski definition) is 3. The van der Waals surface area contributed by atoms with Crippen molar-refractivity contribution in [3.8, 4) is 0 Å². The van der Waals surface area contributed by atoms with Crippen LogP contribution in [-0.4, -0.2) is 62.9 Å². The van der Waals surface area contributed by atoms with Gasteiger partial charge in [0.2, 0.25) is 5.91 Å². The molecule has 0 bridgehead atoms. The molecule has 0 atom stereocenters. The van der Waals surface area contributed by atoms with Crippen molar-refractivity contribution in [2.45, 2.75) is 38.1 Å². The van der Waals surface area contributed by atoms with Crippen LogP contribution in [0.1, 0.15) is 41.6 Å². The molecule has 7 nitrogen and oxygen atoms in total. The van der Waals surface area contributed by atoms with Crippen LogP contribution in [0.4, 0.5) is 0 Å². The van der Waals surface area contributed by atoms with Crippen LogP contribution in [0, 0.1) is 0 Å². The zero-order chi connectivity index (χ0) is 19.6. The van der Waals surface area contributed by atoms with Gasteiger partial charge in [0.05, 0.1) is 0 Å². The largest absolute Gasteiger partial charge is 0.356 e. The molecule has 3 N–H and O–H groups in total. The maximum Gasteiger partial charge on any atom is 0.251 e. The Kier molecular flexibility index (Phi) is 10.9. The van der Waals surface area contributed by atoms with Gasteiger partial charge in [-0.1, -0.05) is 25.0 Å². The predicted molar refractivity (Wildman–Crippen MR) is 123 cm³/mol. The van der Waals surface area contributed by atoms with Gasteiger partial charge in [0.1, 0.15) is 6.54 Å². The van der Waals surface area contributed by atoms with Crippen molar-refractivity contribution < 1.29 is 9.59 Å². The third-order valence-electron chi connectivity index (χ3n) is 4.69. The molecule has 0 unspecified atom stereocenters. The second-order valence-electron chi connectivity index (χ2n) is 7.03. The Labute approximate surface area is 184 Å². The quantitative estimate of drug-likeness (QED) is 0.302. The number of carbonyl (C=O) groups excluding carboxylic acids is 2. The highest BCUT2D eigenvalue weighted by Gasteiger charge is 2.16. The van der Waals surface area contributed by atoms with E-state index in [1.807, 2.05) is 18.2 Å². The fourth-order valence-electron chi connectivity index (χ4n) is 3.04. The van der Waals surface area contributed by atoms with Crippen LogP contribution in [0.3, 0.4) is 0 Å². The molecule has 1 fully saturated rings. The number of aliphatic imine (C=N–C) groups is 1. The molecule has 2 amide bonds. The molecule has 1 aliphatic carbocycles. The molecule has 0 aromatic heterocycles. The summed E-state index contributed by atoms with van der Waals surface area (Å²) in [6.45, 7) is 0.799. The van der Waals surface area contributed by atoms with Gasteiger partial charge < -0.3 is 20.9 Å². The lowest BCUT2D eigenvalue weighted by atomic mass is 10.1. The maximum atomic E-state index is 11.8. The number of carbonyl (C=O) groups is 2. The summed E-state index contributed by atoms with van der Waals surface area (Å²) in [7, 11) is 5.09. The minimum atomic E-state index is -0.0860. The summed E-state index contributed by atoms with van der Waals surface area (Å²) in [6, 6.07) is 8.02. The molecule has 1 aliphatic rings. The molecule has 1 aromatic rings. The van der Waals surface area contributed by atoms with Gasteiger partial charge in [-0.2, -0.15) is 0 Å². The number of benzene rings is 1. The Morgan fingerprint density at radius 1 is 1.21 bits per heavy atom. The van der Waals surface area contributed by atoms with Crippen LogP contribution in [0.2, 0.25) is 0 Å². The maximum absolute atomic E-state index is 11.8. The highest BCUT2D eigenvalue weighted by Crippen LogP contribution is 2.17. The van der Waals surface area contributed by atoms with Crippen molar-refractivity contribution >= 4 is 41.8 Å². The molecule has 28 heavy (non-hydrogen) atoms. The molecule has 0 heterocycles. The zero-order valence-electron chi connectivity index (χ0n) is 17.0. The zero-order valence-corrected chi connectivity index (χ0v) is 19.3. The van der Waals surface area contributed by atoms with Crippen LogP contribution in [0.5, 0.6) is 0 Å². The van der Waals surface area contributed by atoms with Crippen molar-refractivity contribution in [1.82, 2.24) is 20.9 Å².